The van der Waals surface area contributed by atoms with Crippen LogP contribution in [-0.4, -0.2) is 63.6 Å². The molecule has 6 nitrogen and oxygen atoms in total. The molecule has 0 radical (unpaired) electrons. The largest absolute Gasteiger partial charge is 0.476 e. The van der Waals surface area contributed by atoms with Gasteiger partial charge in [0.25, 0.3) is 0 Å². The van der Waals surface area contributed by atoms with Crippen molar-refractivity contribution in [1.29, 1.82) is 0 Å². The summed E-state index contributed by atoms with van der Waals surface area (Å²) in [7, 11) is 0. The van der Waals surface area contributed by atoms with Crippen LogP contribution in [-0.2, 0) is 0 Å². The standard InChI is InChI=1S/C14H22N4O2S/c1-10(2)13-16-9-11(12(17-13)14(19)20)15-3-4-18-5-7-21-8-6-18/h9-10,15H,3-8H2,1-2H3,(H,19,20). The Morgan fingerprint density at radius 3 is 2.81 bits per heavy atom. The molecule has 1 aromatic rings. The summed E-state index contributed by atoms with van der Waals surface area (Å²) >= 11 is 1.98. The number of nitrogens with zero attached hydrogens (tertiary/aromatic N) is 3. The van der Waals surface area contributed by atoms with Crippen molar-refractivity contribution in [3.63, 3.8) is 0 Å². The Bertz CT molecular complexity index is 490. The van der Waals surface area contributed by atoms with Crippen LogP contribution in [0.2, 0.25) is 0 Å². The molecule has 7 heteroatoms. The number of aromatic carboxylic acids is 1. The smallest absolute Gasteiger partial charge is 0.356 e. The molecule has 0 unspecified atom stereocenters. The molecule has 1 aromatic heterocycles. The topological polar surface area (TPSA) is 78.4 Å². The number of carboxylic acid groups (broad SMARTS) is 1. The van der Waals surface area contributed by atoms with Crippen LogP contribution in [0.3, 0.4) is 0 Å². The maximum atomic E-state index is 11.3. The first-order chi connectivity index (χ1) is 10.1. The van der Waals surface area contributed by atoms with Crippen LogP contribution in [0.25, 0.3) is 0 Å². The maximum absolute atomic E-state index is 11.3. The minimum atomic E-state index is -1.02. The van der Waals surface area contributed by atoms with E-state index in [-0.39, 0.29) is 11.6 Å². The summed E-state index contributed by atoms with van der Waals surface area (Å²) in [5, 5.41) is 12.4. The number of carbonyl (C=O) groups is 1. The Hall–Kier alpha value is -1.34. The fraction of sp³-hybridized carbons (Fsp3) is 0.643. The van der Waals surface area contributed by atoms with Crippen molar-refractivity contribution in [2.24, 2.45) is 0 Å². The van der Waals surface area contributed by atoms with Crippen molar-refractivity contribution >= 4 is 23.4 Å². The van der Waals surface area contributed by atoms with Crippen molar-refractivity contribution in [1.82, 2.24) is 14.9 Å². The van der Waals surface area contributed by atoms with Gasteiger partial charge in [-0.1, -0.05) is 13.8 Å². The van der Waals surface area contributed by atoms with Crippen molar-refractivity contribution in [2.75, 3.05) is 43.0 Å². The number of rotatable bonds is 6. The van der Waals surface area contributed by atoms with E-state index in [2.05, 4.69) is 20.2 Å². The van der Waals surface area contributed by atoms with E-state index in [1.54, 1.807) is 6.20 Å². The summed E-state index contributed by atoms with van der Waals surface area (Å²) < 4.78 is 0. The Morgan fingerprint density at radius 2 is 2.19 bits per heavy atom. The molecular formula is C14H22N4O2S. The molecular weight excluding hydrogens is 288 g/mol. The molecule has 0 bridgehead atoms. The van der Waals surface area contributed by atoms with Crippen LogP contribution >= 0.6 is 11.8 Å². The number of hydrogen-bond donors (Lipinski definition) is 2. The monoisotopic (exact) mass is 310 g/mol. The molecule has 116 valence electrons. The van der Waals surface area contributed by atoms with Gasteiger partial charge in [0.2, 0.25) is 0 Å². The molecule has 2 heterocycles. The zero-order chi connectivity index (χ0) is 15.2. The van der Waals surface area contributed by atoms with Gasteiger partial charge < -0.3 is 10.4 Å². The summed E-state index contributed by atoms with van der Waals surface area (Å²) in [6.45, 7) is 7.70. The molecule has 0 aliphatic carbocycles. The van der Waals surface area contributed by atoms with Gasteiger partial charge in [0.05, 0.1) is 11.9 Å². The first-order valence-corrected chi connectivity index (χ1v) is 8.37. The number of carboxylic acids is 1. The van der Waals surface area contributed by atoms with Gasteiger partial charge in [-0.25, -0.2) is 14.8 Å². The van der Waals surface area contributed by atoms with Gasteiger partial charge in [0.15, 0.2) is 5.69 Å². The molecule has 0 amide bonds. The van der Waals surface area contributed by atoms with Gasteiger partial charge >= 0.3 is 5.97 Å². The van der Waals surface area contributed by atoms with Gasteiger partial charge in [0.1, 0.15) is 5.82 Å². The van der Waals surface area contributed by atoms with Gasteiger partial charge in [-0.15, -0.1) is 0 Å². The third-order valence-electron chi connectivity index (χ3n) is 3.37. The Kier molecular flexibility index (Phi) is 5.81. The van der Waals surface area contributed by atoms with Crippen LogP contribution in [0, 0.1) is 0 Å². The molecule has 21 heavy (non-hydrogen) atoms. The van der Waals surface area contributed by atoms with E-state index in [9.17, 15) is 9.90 Å². The first-order valence-electron chi connectivity index (χ1n) is 7.22. The Morgan fingerprint density at radius 1 is 1.48 bits per heavy atom. The molecule has 2 N–H and O–H groups in total. The summed E-state index contributed by atoms with van der Waals surface area (Å²) in [6.07, 6.45) is 1.58. The van der Waals surface area contributed by atoms with E-state index in [1.807, 2.05) is 25.6 Å². The lowest BCUT2D eigenvalue weighted by molar-refractivity contribution is 0.0691. The molecule has 1 saturated heterocycles. The number of anilines is 1. The van der Waals surface area contributed by atoms with Crippen molar-refractivity contribution in [3.05, 3.63) is 17.7 Å². The third kappa shape index (κ3) is 4.57. The van der Waals surface area contributed by atoms with E-state index in [4.69, 9.17) is 0 Å². The van der Waals surface area contributed by atoms with Crippen LogP contribution in [0.4, 0.5) is 5.69 Å². The van der Waals surface area contributed by atoms with E-state index in [0.717, 1.165) is 19.6 Å². The number of nitrogens with one attached hydrogen (secondary N) is 1. The highest BCUT2D eigenvalue weighted by molar-refractivity contribution is 7.99. The fourth-order valence-corrected chi connectivity index (χ4v) is 3.12. The van der Waals surface area contributed by atoms with E-state index >= 15 is 0 Å². The molecule has 1 aliphatic heterocycles. The number of hydrogen-bond acceptors (Lipinski definition) is 6. The van der Waals surface area contributed by atoms with Crippen molar-refractivity contribution in [2.45, 2.75) is 19.8 Å². The summed E-state index contributed by atoms with van der Waals surface area (Å²) in [4.78, 5) is 22.1. The normalized spacial score (nSPS) is 16.1. The lowest BCUT2D eigenvalue weighted by atomic mass is 10.2. The van der Waals surface area contributed by atoms with E-state index in [0.29, 0.717) is 18.1 Å². The van der Waals surface area contributed by atoms with E-state index in [1.165, 1.54) is 11.5 Å². The molecule has 1 fully saturated rings. The fourth-order valence-electron chi connectivity index (χ4n) is 2.14. The minimum absolute atomic E-state index is 0.0582. The quantitative estimate of drug-likeness (QED) is 0.829. The third-order valence-corrected chi connectivity index (χ3v) is 4.32. The average molecular weight is 310 g/mol. The zero-order valence-electron chi connectivity index (χ0n) is 12.5. The van der Waals surface area contributed by atoms with Crippen LogP contribution in [0.5, 0.6) is 0 Å². The van der Waals surface area contributed by atoms with Crippen molar-refractivity contribution < 1.29 is 9.90 Å². The van der Waals surface area contributed by atoms with Gasteiger partial charge in [-0.3, -0.25) is 4.90 Å². The Labute approximate surface area is 129 Å². The molecule has 2 rings (SSSR count). The lowest BCUT2D eigenvalue weighted by Gasteiger charge is -2.26. The molecule has 0 saturated carbocycles. The second kappa shape index (κ2) is 7.61. The first kappa shape index (κ1) is 16.0. The highest BCUT2D eigenvalue weighted by Gasteiger charge is 2.16. The van der Waals surface area contributed by atoms with E-state index < -0.39 is 5.97 Å². The SMILES string of the molecule is CC(C)c1ncc(NCCN2CCSCC2)c(C(=O)O)n1. The Balaban J connectivity index is 1.96. The number of aromatic nitrogens is 2. The summed E-state index contributed by atoms with van der Waals surface area (Å²) in [5.41, 5.74) is 0.557. The van der Waals surface area contributed by atoms with Crippen LogP contribution in [0.1, 0.15) is 36.1 Å². The summed E-state index contributed by atoms with van der Waals surface area (Å²) in [6, 6.07) is 0. The predicted octanol–water partition coefficient (Wildman–Crippen LogP) is 1.76. The molecule has 0 atom stereocenters. The van der Waals surface area contributed by atoms with Crippen LogP contribution < -0.4 is 5.32 Å². The maximum Gasteiger partial charge on any atom is 0.356 e. The summed E-state index contributed by atoms with van der Waals surface area (Å²) in [5.74, 6) is 2.00. The van der Waals surface area contributed by atoms with Gasteiger partial charge in [-0.2, -0.15) is 11.8 Å². The molecule has 0 spiro atoms. The second-order valence-electron chi connectivity index (χ2n) is 5.33. The minimum Gasteiger partial charge on any atom is -0.476 e. The second-order valence-corrected chi connectivity index (χ2v) is 6.56. The van der Waals surface area contributed by atoms with Gasteiger partial charge in [-0.05, 0) is 0 Å². The highest BCUT2D eigenvalue weighted by atomic mass is 32.2. The number of thioether (sulfide) groups is 1. The zero-order valence-corrected chi connectivity index (χ0v) is 13.3. The predicted molar refractivity (Wildman–Crippen MR) is 85.3 cm³/mol. The van der Waals surface area contributed by atoms with Crippen molar-refractivity contribution in [3.8, 4) is 0 Å². The van der Waals surface area contributed by atoms with Gasteiger partial charge in [0, 0.05) is 43.6 Å². The van der Waals surface area contributed by atoms with Crippen LogP contribution in [0.15, 0.2) is 6.20 Å². The highest BCUT2D eigenvalue weighted by Crippen LogP contribution is 2.16. The molecule has 1 aliphatic rings. The molecule has 0 aromatic carbocycles. The lowest BCUT2D eigenvalue weighted by Crippen LogP contribution is -2.36. The average Bonchev–Trinajstić information content (AvgIpc) is 2.48.